The van der Waals surface area contributed by atoms with Crippen molar-refractivity contribution in [2.45, 2.75) is 38.4 Å². The second-order valence-corrected chi connectivity index (χ2v) is 13.0. The first-order chi connectivity index (χ1) is 22.3. The summed E-state index contributed by atoms with van der Waals surface area (Å²) in [5.41, 5.74) is 11.6. The van der Waals surface area contributed by atoms with Crippen molar-refractivity contribution in [3.63, 3.8) is 0 Å². The van der Waals surface area contributed by atoms with Gasteiger partial charge in [0.25, 0.3) is 0 Å². The highest BCUT2D eigenvalue weighted by Crippen LogP contribution is 2.58. The second-order valence-electron chi connectivity index (χ2n) is 13.0. The van der Waals surface area contributed by atoms with Crippen molar-refractivity contribution in [1.29, 1.82) is 0 Å². The van der Waals surface area contributed by atoms with Crippen molar-refractivity contribution in [2.75, 3.05) is 7.11 Å². The Balaban J connectivity index is 1.40. The van der Waals surface area contributed by atoms with Gasteiger partial charge in [0, 0.05) is 27.5 Å². The standard InChI is InChI=1S/C43H36O3/c1-27-10-14-31(15-11-27)43(32-16-18-33(45-4)19-17-32)23-22-36-40-39(37-24-28(26-44)12-20-34(37)41(36)46-43)35-21-13-30(25-38(35)42(40,2)3)29-8-6-5-7-9-29/h5-25,44H,26H2,1-4H3. The molecule has 226 valence electrons. The van der Waals surface area contributed by atoms with Crippen molar-refractivity contribution in [3.8, 4) is 33.8 Å². The van der Waals surface area contributed by atoms with Gasteiger partial charge >= 0.3 is 0 Å². The minimum Gasteiger partial charge on any atom is -0.497 e. The summed E-state index contributed by atoms with van der Waals surface area (Å²) in [6, 6.07) is 40.5. The van der Waals surface area contributed by atoms with Gasteiger partial charge in [0.1, 0.15) is 11.5 Å². The topological polar surface area (TPSA) is 38.7 Å². The molecule has 1 aliphatic heterocycles. The fourth-order valence-corrected chi connectivity index (χ4v) is 7.56. The van der Waals surface area contributed by atoms with Crippen molar-refractivity contribution in [2.24, 2.45) is 0 Å². The minimum absolute atomic E-state index is 0.0229. The van der Waals surface area contributed by atoms with E-state index in [9.17, 15) is 5.11 Å². The van der Waals surface area contributed by atoms with Crippen LogP contribution in [0.4, 0.5) is 0 Å². The molecule has 0 radical (unpaired) electrons. The summed E-state index contributed by atoms with van der Waals surface area (Å²) < 4.78 is 12.9. The van der Waals surface area contributed by atoms with E-state index in [2.05, 4.69) is 130 Å². The van der Waals surface area contributed by atoms with Gasteiger partial charge in [-0.05, 0) is 81.6 Å². The molecule has 1 aliphatic carbocycles. The number of hydrogen-bond acceptors (Lipinski definition) is 3. The first-order valence-electron chi connectivity index (χ1n) is 15.9. The molecule has 3 heteroatoms. The summed E-state index contributed by atoms with van der Waals surface area (Å²) >= 11 is 0. The van der Waals surface area contributed by atoms with Crippen LogP contribution in [0.2, 0.25) is 0 Å². The van der Waals surface area contributed by atoms with Gasteiger partial charge in [0.2, 0.25) is 0 Å². The predicted molar refractivity (Wildman–Crippen MR) is 187 cm³/mol. The van der Waals surface area contributed by atoms with Gasteiger partial charge < -0.3 is 14.6 Å². The number of hydrogen-bond donors (Lipinski definition) is 1. The molecule has 1 heterocycles. The van der Waals surface area contributed by atoms with E-state index >= 15 is 0 Å². The zero-order valence-corrected chi connectivity index (χ0v) is 26.6. The number of rotatable bonds is 5. The molecule has 0 aromatic heterocycles. The van der Waals surface area contributed by atoms with Gasteiger partial charge in [-0.3, -0.25) is 0 Å². The first kappa shape index (κ1) is 28.4. The van der Waals surface area contributed by atoms with Crippen molar-refractivity contribution in [3.05, 3.63) is 160 Å². The summed E-state index contributed by atoms with van der Waals surface area (Å²) in [5.74, 6) is 1.67. The van der Waals surface area contributed by atoms with E-state index in [0.717, 1.165) is 44.5 Å². The van der Waals surface area contributed by atoms with Crippen LogP contribution in [0.25, 0.3) is 39.1 Å². The Morgan fingerprint density at radius 2 is 1.46 bits per heavy atom. The predicted octanol–water partition coefficient (Wildman–Crippen LogP) is 9.97. The fourth-order valence-electron chi connectivity index (χ4n) is 7.56. The first-order valence-corrected chi connectivity index (χ1v) is 15.9. The van der Waals surface area contributed by atoms with Crippen LogP contribution in [0.1, 0.15) is 52.8 Å². The van der Waals surface area contributed by atoms with Crippen LogP contribution >= 0.6 is 0 Å². The lowest BCUT2D eigenvalue weighted by Gasteiger charge is -2.38. The zero-order valence-electron chi connectivity index (χ0n) is 26.6. The number of aryl methyl sites for hydroxylation is 1. The Morgan fingerprint density at radius 1 is 0.739 bits per heavy atom. The molecular formula is C43H36O3. The summed E-state index contributed by atoms with van der Waals surface area (Å²) in [5, 5.41) is 12.4. The van der Waals surface area contributed by atoms with Crippen LogP contribution in [0, 0.1) is 6.92 Å². The molecule has 0 amide bonds. The molecule has 6 aromatic carbocycles. The van der Waals surface area contributed by atoms with Crippen LogP contribution < -0.4 is 9.47 Å². The number of benzene rings is 6. The number of methoxy groups -OCH3 is 1. The average molecular weight is 601 g/mol. The molecule has 1 atom stereocenters. The second kappa shape index (κ2) is 10.5. The third-order valence-electron chi connectivity index (χ3n) is 9.99. The summed E-state index contributed by atoms with van der Waals surface area (Å²) in [4.78, 5) is 0. The summed E-state index contributed by atoms with van der Waals surface area (Å²) in [6.07, 6.45) is 4.51. The highest BCUT2D eigenvalue weighted by Gasteiger charge is 2.44. The van der Waals surface area contributed by atoms with E-state index in [4.69, 9.17) is 9.47 Å². The molecule has 0 saturated carbocycles. The molecule has 6 aromatic rings. The van der Waals surface area contributed by atoms with Crippen LogP contribution in [0.3, 0.4) is 0 Å². The molecule has 1 N–H and O–H groups in total. The Labute approximate surface area is 270 Å². The van der Waals surface area contributed by atoms with Gasteiger partial charge in [-0.25, -0.2) is 0 Å². The molecule has 8 rings (SSSR count). The molecule has 2 aliphatic rings. The molecule has 1 unspecified atom stereocenters. The average Bonchev–Trinajstić information content (AvgIpc) is 3.34. The zero-order chi connectivity index (χ0) is 31.6. The third kappa shape index (κ3) is 4.15. The van der Waals surface area contributed by atoms with E-state index in [1.165, 1.54) is 38.9 Å². The summed E-state index contributed by atoms with van der Waals surface area (Å²) in [7, 11) is 1.69. The van der Waals surface area contributed by atoms with Gasteiger partial charge in [-0.1, -0.05) is 116 Å². The molecule has 46 heavy (non-hydrogen) atoms. The highest BCUT2D eigenvalue weighted by molar-refractivity contribution is 6.09. The smallest absolute Gasteiger partial charge is 0.178 e. The Bertz CT molecular complexity index is 2160. The van der Waals surface area contributed by atoms with Crippen molar-refractivity contribution in [1.82, 2.24) is 0 Å². The van der Waals surface area contributed by atoms with E-state index in [-0.39, 0.29) is 12.0 Å². The SMILES string of the molecule is COc1ccc(C2(c3ccc(C)cc3)C=Cc3c4c(c5cc(CO)ccc5c3O2)-c2ccc(-c3ccccc3)cc2C4(C)C)cc1. The third-order valence-corrected chi connectivity index (χ3v) is 9.99. The lowest BCUT2D eigenvalue weighted by atomic mass is 9.76. The maximum absolute atomic E-state index is 10.2. The minimum atomic E-state index is -0.847. The number of aliphatic hydroxyl groups excluding tert-OH is 1. The van der Waals surface area contributed by atoms with Crippen LogP contribution in [-0.2, 0) is 17.6 Å². The lowest BCUT2D eigenvalue weighted by Crippen LogP contribution is -2.35. The van der Waals surface area contributed by atoms with E-state index < -0.39 is 5.60 Å². The monoisotopic (exact) mass is 600 g/mol. The maximum atomic E-state index is 10.2. The molecule has 0 bridgehead atoms. The van der Waals surface area contributed by atoms with Gasteiger partial charge in [-0.2, -0.15) is 0 Å². The van der Waals surface area contributed by atoms with E-state index in [0.29, 0.717) is 0 Å². The molecule has 3 nitrogen and oxygen atoms in total. The van der Waals surface area contributed by atoms with Crippen LogP contribution in [0.15, 0.2) is 121 Å². The van der Waals surface area contributed by atoms with Gasteiger partial charge in [-0.15, -0.1) is 0 Å². The number of fused-ring (bicyclic) bond motifs is 8. The van der Waals surface area contributed by atoms with Gasteiger partial charge in [0.05, 0.1) is 13.7 Å². The van der Waals surface area contributed by atoms with E-state index in [1.807, 2.05) is 18.2 Å². The van der Waals surface area contributed by atoms with Gasteiger partial charge in [0.15, 0.2) is 5.60 Å². The maximum Gasteiger partial charge on any atom is 0.178 e. The molecular weight excluding hydrogens is 564 g/mol. The van der Waals surface area contributed by atoms with Crippen molar-refractivity contribution < 1.29 is 14.6 Å². The van der Waals surface area contributed by atoms with E-state index in [1.54, 1.807) is 7.11 Å². The fraction of sp³-hybridized carbons (Fsp3) is 0.163. The molecule has 0 saturated heterocycles. The number of aliphatic hydroxyl groups is 1. The molecule has 0 fully saturated rings. The molecule has 0 spiro atoms. The Kier molecular flexibility index (Phi) is 6.46. The lowest BCUT2D eigenvalue weighted by molar-refractivity contribution is 0.163. The van der Waals surface area contributed by atoms with Crippen molar-refractivity contribution >= 4 is 16.8 Å². The normalized spacial score (nSPS) is 17.2. The van der Waals surface area contributed by atoms with Crippen LogP contribution in [-0.4, -0.2) is 12.2 Å². The Hall–Kier alpha value is -5.12. The van der Waals surface area contributed by atoms with Crippen LogP contribution in [0.5, 0.6) is 11.5 Å². The highest BCUT2D eigenvalue weighted by atomic mass is 16.5. The quantitative estimate of drug-likeness (QED) is 0.214. The number of ether oxygens (including phenoxy) is 2. The largest absolute Gasteiger partial charge is 0.497 e. The Morgan fingerprint density at radius 3 is 2.15 bits per heavy atom. The summed E-state index contributed by atoms with van der Waals surface area (Å²) in [6.45, 7) is 6.74.